The van der Waals surface area contributed by atoms with Crippen LogP contribution in [0, 0.1) is 13.8 Å². The number of benzene rings is 2. The average molecular weight is 446 g/mol. The van der Waals surface area contributed by atoms with E-state index in [-0.39, 0.29) is 12.5 Å². The lowest BCUT2D eigenvalue weighted by Gasteiger charge is -2.25. The number of rotatable bonds is 5. The minimum absolute atomic E-state index is 0.168. The molecule has 0 bridgehead atoms. The summed E-state index contributed by atoms with van der Waals surface area (Å²) >= 11 is 1.40. The maximum Gasteiger partial charge on any atom is 0.270 e. The monoisotopic (exact) mass is 445 g/mol. The van der Waals surface area contributed by atoms with E-state index in [2.05, 4.69) is 59.0 Å². The zero-order valence-corrected chi connectivity index (χ0v) is 18.7. The third kappa shape index (κ3) is 3.99. The van der Waals surface area contributed by atoms with E-state index in [1.807, 2.05) is 29.6 Å². The highest BCUT2D eigenvalue weighted by molar-refractivity contribution is 7.14. The second-order valence-electron chi connectivity index (χ2n) is 7.75. The molecule has 1 atom stereocenters. The lowest BCUT2D eigenvalue weighted by atomic mass is 10.2. The average Bonchev–Trinajstić information content (AvgIpc) is 3.39. The fraction of sp³-hybridized carbons (Fsp3) is 0.200. The second kappa shape index (κ2) is 8.51. The number of nitrogens with one attached hydrogen (secondary N) is 1. The maximum absolute atomic E-state index is 12.7. The van der Waals surface area contributed by atoms with Gasteiger partial charge in [-0.3, -0.25) is 10.1 Å². The van der Waals surface area contributed by atoms with Gasteiger partial charge in [0.25, 0.3) is 5.91 Å². The third-order valence-corrected chi connectivity index (χ3v) is 6.33. The molecule has 7 heteroatoms. The number of aryl methyl sites for hydroxylation is 1. The Morgan fingerprint density at radius 2 is 1.88 bits per heavy atom. The first kappa shape index (κ1) is 20.3. The molecule has 1 amide bonds. The normalized spacial score (nSPS) is 14.9. The van der Waals surface area contributed by atoms with Gasteiger partial charge in [-0.15, -0.1) is 11.3 Å². The molecule has 0 radical (unpaired) electrons. The lowest BCUT2D eigenvalue weighted by molar-refractivity contribution is -0.125. The van der Waals surface area contributed by atoms with Gasteiger partial charge in [0.2, 0.25) is 6.10 Å². The Morgan fingerprint density at radius 1 is 1.12 bits per heavy atom. The highest BCUT2D eigenvalue weighted by atomic mass is 32.1. The topological polar surface area (TPSA) is 65.4 Å². The van der Waals surface area contributed by atoms with Gasteiger partial charge in [0.1, 0.15) is 6.61 Å². The van der Waals surface area contributed by atoms with Crippen LogP contribution in [0.1, 0.15) is 17.0 Å². The van der Waals surface area contributed by atoms with Crippen molar-refractivity contribution in [3.63, 3.8) is 0 Å². The Hall–Kier alpha value is -3.58. The Bertz CT molecular complexity index is 1260. The van der Waals surface area contributed by atoms with Crippen molar-refractivity contribution in [2.24, 2.45) is 0 Å². The van der Waals surface area contributed by atoms with Crippen molar-refractivity contribution >= 4 is 22.4 Å². The van der Waals surface area contributed by atoms with Crippen molar-refractivity contribution in [3.05, 3.63) is 83.0 Å². The van der Waals surface area contributed by atoms with Gasteiger partial charge < -0.3 is 14.0 Å². The quantitative estimate of drug-likeness (QED) is 0.467. The summed E-state index contributed by atoms with van der Waals surface area (Å²) in [6, 6.07) is 19.9. The zero-order valence-electron chi connectivity index (χ0n) is 17.9. The van der Waals surface area contributed by atoms with Crippen LogP contribution >= 0.6 is 11.3 Å². The fourth-order valence-electron chi connectivity index (χ4n) is 3.86. The van der Waals surface area contributed by atoms with Gasteiger partial charge in [-0.2, -0.15) is 0 Å². The molecule has 0 fully saturated rings. The van der Waals surface area contributed by atoms with Crippen LogP contribution in [-0.2, 0) is 11.3 Å². The van der Waals surface area contributed by atoms with E-state index in [9.17, 15) is 4.79 Å². The van der Waals surface area contributed by atoms with Crippen LogP contribution in [0.3, 0.4) is 0 Å². The molecule has 1 aliphatic rings. The number of fused-ring (bicyclic) bond motifs is 1. The number of amides is 1. The van der Waals surface area contributed by atoms with Crippen molar-refractivity contribution in [3.8, 4) is 22.8 Å². The Labute approximate surface area is 190 Å². The highest BCUT2D eigenvalue weighted by Crippen LogP contribution is 2.32. The van der Waals surface area contributed by atoms with E-state index in [1.165, 1.54) is 22.6 Å². The van der Waals surface area contributed by atoms with Crippen LogP contribution < -0.4 is 14.8 Å². The van der Waals surface area contributed by atoms with Crippen LogP contribution in [0.15, 0.2) is 66.0 Å². The molecule has 1 N–H and O–H groups in total. The molecule has 32 heavy (non-hydrogen) atoms. The molecule has 2 aromatic carbocycles. The van der Waals surface area contributed by atoms with Crippen molar-refractivity contribution in [1.82, 2.24) is 9.55 Å². The van der Waals surface area contributed by atoms with Gasteiger partial charge in [0.15, 0.2) is 16.6 Å². The predicted molar refractivity (Wildman–Crippen MR) is 126 cm³/mol. The summed E-state index contributed by atoms with van der Waals surface area (Å²) in [7, 11) is 0. The van der Waals surface area contributed by atoms with Crippen molar-refractivity contribution in [2.45, 2.75) is 26.5 Å². The summed E-state index contributed by atoms with van der Waals surface area (Å²) in [5.74, 6) is 0.957. The van der Waals surface area contributed by atoms with Crippen LogP contribution in [0.2, 0.25) is 0 Å². The molecule has 1 aliphatic heterocycles. The Balaban J connectivity index is 1.30. The number of carbonyl (C=O) groups excluding carboxylic acids is 1. The van der Waals surface area contributed by atoms with E-state index in [0.29, 0.717) is 16.6 Å². The van der Waals surface area contributed by atoms with Gasteiger partial charge >= 0.3 is 0 Å². The smallest absolute Gasteiger partial charge is 0.270 e. The van der Waals surface area contributed by atoms with E-state index in [0.717, 1.165) is 23.5 Å². The number of ether oxygens (including phenoxy) is 2. The number of hydrogen-bond acceptors (Lipinski definition) is 5. The number of carbonyl (C=O) groups is 1. The molecular weight excluding hydrogens is 422 g/mol. The first-order chi connectivity index (χ1) is 15.6. The molecule has 6 nitrogen and oxygen atoms in total. The summed E-state index contributed by atoms with van der Waals surface area (Å²) in [5, 5.41) is 5.38. The molecule has 0 saturated carbocycles. The third-order valence-electron chi connectivity index (χ3n) is 5.57. The molecular formula is C25H23N3O3S. The molecule has 4 aromatic rings. The molecule has 3 heterocycles. The number of thiazole rings is 1. The van der Waals surface area contributed by atoms with Gasteiger partial charge in [0, 0.05) is 28.9 Å². The van der Waals surface area contributed by atoms with Crippen LogP contribution in [0.5, 0.6) is 11.5 Å². The summed E-state index contributed by atoms with van der Waals surface area (Å²) in [4.78, 5) is 17.4. The Kier molecular flexibility index (Phi) is 5.41. The number of aromatic nitrogens is 2. The van der Waals surface area contributed by atoms with E-state index < -0.39 is 6.10 Å². The number of nitrogens with zero attached hydrogens (tertiary/aromatic N) is 2. The van der Waals surface area contributed by atoms with Gasteiger partial charge in [-0.1, -0.05) is 42.5 Å². The van der Waals surface area contributed by atoms with E-state index >= 15 is 0 Å². The summed E-state index contributed by atoms with van der Waals surface area (Å²) in [5.41, 5.74) is 5.50. The largest absolute Gasteiger partial charge is 0.485 e. The van der Waals surface area contributed by atoms with Crippen LogP contribution in [0.25, 0.3) is 11.3 Å². The summed E-state index contributed by atoms with van der Waals surface area (Å²) in [6.45, 7) is 5.19. The molecule has 0 spiro atoms. The molecule has 2 aromatic heterocycles. The fourth-order valence-corrected chi connectivity index (χ4v) is 4.57. The summed E-state index contributed by atoms with van der Waals surface area (Å²) in [6.07, 6.45) is -0.715. The first-order valence-electron chi connectivity index (χ1n) is 10.4. The van der Waals surface area contributed by atoms with Crippen molar-refractivity contribution in [1.29, 1.82) is 0 Å². The maximum atomic E-state index is 12.7. The molecule has 162 valence electrons. The molecule has 5 rings (SSSR count). The number of hydrogen-bond donors (Lipinski definition) is 1. The number of anilines is 1. The lowest BCUT2D eigenvalue weighted by Crippen LogP contribution is -2.40. The van der Waals surface area contributed by atoms with E-state index in [4.69, 9.17) is 9.47 Å². The van der Waals surface area contributed by atoms with E-state index in [1.54, 1.807) is 6.07 Å². The molecule has 0 aliphatic carbocycles. The standard InChI is InChI=1S/C25H23N3O3S/c1-16-12-19(17(2)28(16)13-18-8-4-3-5-9-18)20-15-32-25(26-20)27-24(29)23-14-30-21-10-6-7-11-22(21)31-23/h3-12,15,23H,13-14H2,1-2H3,(H,26,27,29)/t23-/m0/s1. The zero-order chi connectivity index (χ0) is 22.1. The van der Waals surface area contributed by atoms with Crippen LogP contribution in [0.4, 0.5) is 5.13 Å². The minimum Gasteiger partial charge on any atom is -0.485 e. The van der Waals surface area contributed by atoms with Crippen molar-refractivity contribution in [2.75, 3.05) is 11.9 Å². The SMILES string of the molecule is Cc1cc(-c2csc(NC(=O)[C@@H]3COc4ccccc4O3)n2)c(C)n1Cc1ccccc1. The van der Waals surface area contributed by atoms with Gasteiger partial charge in [-0.25, -0.2) is 4.98 Å². The second-order valence-corrected chi connectivity index (χ2v) is 8.61. The van der Waals surface area contributed by atoms with Gasteiger partial charge in [-0.05, 0) is 37.6 Å². The predicted octanol–water partition coefficient (Wildman–Crippen LogP) is 5.06. The number of para-hydroxylation sites is 2. The van der Waals surface area contributed by atoms with Crippen molar-refractivity contribution < 1.29 is 14.3 Å². The summed E-state index contributed by atoms with van der Waals surface area (Å²) < 4.78 is 13.7. The Morgan fingerprint density at radius 3 is 2.69 bits per heavy atom. The van der Waals surface area contributed by atoms with Crippen LogP contribution in [-0.4, -0.2) is 28.2 Å². The molecule has 0 saturated heterocycles. The van der Waals surface area contributed by atoms with Gasteiger partial charge in [0.05, 0.1) is 5.69 Å². The highest BCUT2D eigenvalue weighted by Gasteiger charge is 2.28. The minimum atomic E-state index is -0.715. The molecule has 0 unspecified atom stereocenters. The first-order valence-corrected chi connectivity index (χ1v) is 11.3.